The molecule has 3 aromatic rings. The van der Waals surface area contributed by atoms with Gasteiger partial charge in [0, 0.05) is 17.9 Å². The largest absolute Gasteiger partial charge is 0.497 e. The van der Waals surface area contributed by atoms with Crippen LogP contribution in [0.15, 0.2) is 47.4 Å². The Morgan fingerprint density at radius 2 is 1.88 bits per heavy atom. The maximum Gasteiger partial charge on any atom is 0.228 e. The summed E-state index contributed by atoms with van der Waals surface area (Å²) in [7, 11) is 5.80. The number of para-hydroxylation sites is 1. The molecule has 0 radical (unpaired) electrons. The number of thiazole rings is 1. The van der Waals surface area contributed by atoms with E-state index in [1.54, 1.807) is 30.2 Å². The Bertz CT molecular complexity index is 1000. The lowest BCUT2D eigenvalue weighted by Crippen LogP contribution is -2.33. The number of thioether (sulfide) groups is 1. The van der Waals surface area contributed by atoms with Gasteiger partial charge in [-0.3, -0.25) is 9.69 Å². The van der Waals surface area contributed by atoms with E-state index in [4.69, 9.17) is 9.72 Å². The number of hydrogen-bond acceptors (Lipinski definition) is 6. The molecule has 0 spiro atoms. The second kappa shape index (κ2) is 12.2. The molecule has 0 bridgehead atoms. The summed E-state index contributed by atoms with van der Waals surface area (Å²) in [4.78, 5) is 23.3. The number of benzene rings is 2. The van der Waals surface area contributed by atoms with Crippen LogP contribution in [0.1, 0.15) is 31.7 Å². The molecule has 0 saturated carbocycles. The molecule has 172 valence electrons. The molecule has 0 saturated heterocycles. The van der Waals surface area contributed by atoms with Crippen molar-refractivity contribution in [2.75, 3.05) is 44.9 Å². The van der Waals surface area contributed by atoms with E-state index in [2.05, 4.69) is 56.3 Å². The fourth-order valence-corrected chi connectivity index (χ4v) is 5.40. The van der Waals surface area contributed by atoms with Crippen molar-refractivity contribution in [3.05, 3.63) is 48.0 Å². The quantitative estimate of drug-likeness (QED) is 0.250. The van der Waals surface area contributed by atoms with Crippen LogP contribution >= 0.6 is 23.1 Å². The number of amides is 1. The summed E-state index contributed by atoms with van der Waals surface area (Å²) in [6, 6.07) is 14.4. The van der Waals surface area contributed by atoms with Crippen LogP contribution in [0.4, 0.5) is 5.13 Å². The lowest BCUT2D eigenvalue weighted by atomic mass is 10.1. The lowest BCUT2D eigenvalue weighted by molar-refractivity contribution is -0.118. The molecule has 1 aromatic heterocycles. The molecule has 0 fully saturated rings. The molecule has 0 unspecified atom stereocenters. The molecule has 32 heavy (non-hydrogen) atoms. The molecule has 3 rings (SSSR count). The van der Waals surface area contributed by atoms with E-state index >= 15 is 0 Å². The summed E-state index contributed by atoms with van der Waals surface area (Å²) in [5, 5.41) is 0.826. The number of hydrogen-bond donors (Lipinski definition) is 0. The first-order valence-electron chi connectivity index (χ1n) is 11.1. The average Bonchev–Trinajstić information content (AvgIpc) is 3.23. The number of carbonyl (C=O) groups excluding carboxylic acids is 1. The van der Waals surface area contributed by atoms with E-state index in [-0.39, 0.29) is 5.91 Å². The summed E-state index contributed by atoms with van der Waals surface area (Å²) in [5.74, 6) is 1.93. The van der Waals surface area contributed by atoms with Crippen LogP contribution in [0.5, 0.6) is 5.75 Å². The molecule has 0 aliphatic carbocycles. The van der Waals surface area contributed by atoms with Gasteiger partial charge in [-0.2, -0.15) is 0 Å². The van der Waals surface area contributed by atoms with Gasteiger partial charge in [-0.25, -0.2) is 4.98 Å². The number of aryl methyl sites for hydroxylation is 1. The molecule has 1 amide bonds. The Kier molecular flexibility index (Phi) is 9.38. The number of anilines is 1. The van der Waals surface area contributed by atoms with E-state index in [9.17, 15) is 4.79 Å². The van der Waals surface area contributed by atoms with E-state index in [1.807, 2.05) is 17.0 Å². The van der Waals surface area contributed by atoms with Gasteiger partial charge in [0.25, 0.3) is 0 Å². The Hall–Kier alpha value is -2.09. The summed E-state index contributed by atoms with van der Waals surface area (Å²) in [6.45, 7) is 3.79. The molecule has 0 atom stereocenters. The van der Waals surface area contributed by atoms with Crippen LogP contribution in [0, 0.1) is 0 Å². The molecule has 1 heterocycles. The highest BCUT2D eigenvalue weighted by atomic mass is 32.2. The Morgan fingerprint density at radius 3 is 2.56 bits per heavy atom. The SMILES string of the molecule is CCc1cccc2sc(N(CCCN(C)C)C(=O)CCCSc3ccc(OC)cc3)nc12. The first-order valence-corrected chi connectivity index (χ1v) is 12.9. The van der Waals surface area contributed by atoms with Crippen molar-refractivity contribution in [3.63, 3.8) is 0 Å². The molecule has 0 aliphatic rings. The molecular weight excluding hydrogens is 438 g/mol. The van der Waals surface area contributed by atoms with E-state index in [1.165, 1.54) is 10.5 Å². The van der Waals surface area contributed by atoms with Crippen molar-refractivity contribution in [3.8, 4) is 5.75 Å². The molecule has 7 heteroatoms. The van der Waals surface area contributed by atoms with Crippen molar-refractivity contribution in [1.29, 1.82) is 0 Å². The highest BCUT2D eigenvalue weighted by molar-refractivity contribution is 7.99. The van der Waals surface area contributed by atoms with Crippen molar-refractivity contribution < 1.29 is 9.53 Å². The molecular formula is C25H33N3O2S2. The predicted molar refractivity (Wildman–Crippen MR) is 137 cm³/mol. The summed E-state index contributed by atoms with van der Waals surface area (Å²) >= 11 is 3.40. The number of methoxy groups -OCH3 is 1. The van der Waals surface area contributed by atoms with Crippen LogP contribution in [-0.4, -0.2) is 55.8 Å². The summed E-state index contributed by atoms with van der Waals surface area (Å²) in [5.41, 5.74) is 2.28. The van der Waals surface area contributed by atoms with Gasteiger partial charge in [0.2, 0.25) is 5.91 Å². The minimum atomic E-state index is 0.163. The van der Waals surface area contributed by atoms with Crippen LogP contribution in [-0.2, 0) is 11.2 Å². The molecule has 0 aliphatic heterocycles. The number of aromatic nitrogens is 1. The number of rotatable bonds is 12. The van der Waals surface area contributed by atoms with Gasteiger partial charge in [-0.15, -0.1) is 11.8 Å². The minimum Gasteiger partial charge on any atom is -0.497 e. The van der Waals surface area contributed by atoms with Crippen LogP contribution in [0.3, 0.4) is 0 Å². The minimum absolute atomic E-state index is 0.163. The fraction of sp³-hybridized carbons (Fsp3) is 0.440. The summed E-state index contributed by atoms with van der Waals surface area (Å²) in [6.07, 6.45) is 3.24. The Morgan fingerprint density at radius 1 is 1.09 bits per heavy atom. The zero-order valence-electron chi connectivity index (χ0n) is 19.5. The molecule has 5 nitrogen and oxygen atoms in total. The van der Waals surface area contributed by atoms with E-state index in [0.29, 0.717) is 13.0 Å². The highest BCUT2D eigenvalue weighted by Gasteiger charge is 2.20. The average molecular weight is 472 g/mol. The second-order valence-corrected chi connectivity index (χ2v) is 10.1. The number of ether oxygens (including phenoxy) is 1. The monoisotopic (exact) mass is 471 g/mol. The van der Waals surface area contributed by atoms with Crippen molar-refractivity contribution >= 4 is 44.4 Å². The number of nitrogens with zero attached hydrogens (tertiary/aromatic N) is 3. The maximum absolute atomic E-state index is 13.2. The maximum atomic E-state index is 13.2. The molecule has 2 aromatic carbocycles. The van der Waals surface area contributed by atoms with Gasteiger partial charge < -0.3 is 9.64 Å². The van der Waals surface area contributed by atoms with Gasteiger partial charge in [0.05, 0.1) is 17.3 Å². The van der Waals surface area contributed by atoms with Crippen LogP contribution < -0.4 is 9.64 Å². The van der Waals surface area contributed by atoms with E-state index < -0.39 is 0 Å². The van der Waals surface area contributed by atoms with E-state index in [0.717, 1.165) is 52.7 Å². The molecule has 0 N–H and O–H groups in total. The Labute approximate surface area is 199 Å². The van der Waals surface area contributed by atoms with Gasteiger partial charge in [-0.1, -0.05) is 30.4 Å². The van der Waals surface area contributed by atoms with Crippen molar-refractivity contribution in [2.24, 2.45) is 0 Å². The first-order chi connectivity index (χ1) is 15.5. The second-order valence-electron chi connectivity index (χ2n) is 7.94. The van der Waals surface area contributed by atoms with Gasteiger partial charge >= 0.3 is 0 Å². The predicted octanol–water partition coefficient (Wildman–Crippen LogP) is 5.72. The van der Waals surface area contributed by atoms with Gasteiger partial charge in [0.15, 0.2) is 5.13 Å². The topological polar surface area (TPSA) is 45.7 Å². The fourth-order valence-electron chi connectivity index (χ4n) is 3.49. The normalized spacial score (nSPS) is 11.3. The number of carbonyl (C=O) groups is 1. The zero-order valence-corrected chi connectivity index (χ0v) is 21.1. The standard InChI is InChI=1S/C25H33N3O2S2/c1-5-19-9-6-10-22-24(19)26-25(32-22)28(17-8-16-27(2)3)23(29)11-7-18-31-21-14-12-20(30-4)13-15-21/h6,9-10,12-15H,5,7-8,11,16-18H2,1-4H3. The van der Waals surface area contributed by atoms with Crippen LogP contribution in [0.2, 0.25) is 0 Å². The highest BCUT2D eigenvalue weighted by Crippen LogP contribution is 2.32. The third-order valence-electron chi connectivity index (χ3n) is 5.25. The smallest absolute Gasteiger partial charge is 0.228 e. The van der Waals surface area contributed by atoms with Crippen molar-refractivity contribution in [1.82, 2.24) is 9.88 Å². The summed E-state index contributed by atoms with van der Waals surface area (Å²) < 4.78 is 6.36. The van der Waals surface area contributed by atoms with Gasteiger partial charge in [-0.05, 0) is 81.6 Å². The third-order valence-corrected chi connectivity index (χ3v) is 7.40. The van der Waals surface area contributed by atoms with Gasteiger partial charge in [0.1, 0.15) is 5.75 Å². The number of fused-ring (bicyclic) bond motifs is 1. The first kappa shape index (κ1) is 24.6. The lowest BCUT2D eigenvalue weighted by Gasteiger charge is -2.21. The zero-order chi connectivity index (χ0) is 22.9. The van der Waals surface area contributed by atoms with Crippen LogP contribution in [0.25, 0.3) is 10.2 Å². The Balaban J connectivity index is 1.64. The van der Waals surface area contributed by atoms with Crippen molar-refractivity contribution in [2.45, 2.75) is 37.5 Å². The third kappa shape index (κ3) is 6.70.